The molecule has 11 heteroatoms. The maximum Gasteiger partial charge on any atom is 0.260 e. The predicted octanol–water partition coefficient (Wildman–Crippen LogP) is 3.59. The van der Waals surface area contributed by atoms with Crippen molar-refractivity contribution < 1.29 is 22.7 Å². The fraction of sp³-hybridized carbons (Fsp3) is 0.200. The molecule has 0 aliphatic carbocycles. The van der Waals surface area contributed by atoms with E-state index in [9.17, 15) is 13.2 Å². The molecule has 31 heavy (non-hydrogen) atoms. The largest absolute Gasteiger partial charge is 0.493 e. The van der Waals surface area contributed by atoms with Crippen molar-refractivity contribution in [1.29, 1.82) is 0 Å². The van der Waals surface area contributed by atoms with Crippen LogP contribution in [0.5, 0.6) is 11.5 Å². The number of ether oxygens (including phenoxy) is 2. The highest BCUT2D eigenvalue weighted by Gasteiger charge is 2.20. The first kappa shape index (κ1) is 24.7. The van der Waals surface area contributed by atoms with Crippen molar-refractivity contribution in [2.24, 2.45) is 5.10 Å². The number of hydrogen-bond donors (Lipinski definition) is 1. The van der Waals surface area contributed by atoms with Crippen molar-refractivity contribution in [3.05, 3.63) is 64.1 Å². The Bertz CT molecular complexity index is 1070. The molecule has 1 amide bonds. The zero-order valence-electron chi connectivity index (χ0n) is 16.8. The minimum atomic E-state index is -3.70. The number of halogens is 2. The monoisotopic (exact) mass is 529 g/mol. The Kier molecular flexibility index (Phi) is 8.90. The van der Waals surface area contributed by atoms with Crippen LogP contribution in [-0.2, 0) is 14.8 Å². The van der Waals surface area contributed by atoms with Crippen LogP contribution in [0.15, 0.2) is 58.6 Å². The molecule has 0 heterocycles. The number of amides is 1. The summed E-state index contributed by atoms with van der Waals surface area (Å²) in [7, 11) is -2.19. The molecule has 166 valence electrons. The molecular weight excluding hydrogens is 510 g/mol. The second kappa shape index (κ2) is 11.2. The van der Waals surface area contributed by atoms with Crippen molar-refractivity contribution >= 4 is 55.4 Å². The van der Waals surface area contributed by atoms with Gasteiger partial charge in [-0.3, -0.25) is 9.10 Å². The van der Waals surface area contributed by atoms with E-state index in [-0.39, 0.29) is 0 Å². The summed E-state index contributed by atoms with van der Waals surface area (Å²) < 4.78 is 36.7. The molecule has 0 fully saturated rings. The Morgan fingerprint density at radius 1 is 1.32 bits per heavy atom. The number of carbonyl (C=O) groups is 1. The van der Waals surface area contributed by atoms with Gasteiger partial charge in [-0.15, -0.1) is 0 Å². The Hall–Kier alpha value is -2.56. The van der Waals surface area contributed by atoms with E-state index in [1.807, 2.05) is 0 Å². The van der Waals surface area contributed by atoms with E-state index in [4.69, 9.17) is 21.1 Å². The van der Waals surface area contributed by atoms with Crippen LogP contribution in [0.4, 0.5) is 5.69 Å². The molecule has 0 saturated heterocycles. The van der Waals surface area contributed by atoms with Gasteiger partial charge in [-0.25, -0.2) is 13.8 Å². The standard InChI is InChI=1S/C20H21BrClN3O5S/c1-4-9-30-20-17(21)10-14(11-18(20)29-2)12-23-24-19(26)13-25(31(3,27)28)16-7-5-15(22)6-8-16/h4-8,10-12H,1,9,13H2,2-3H3,(H,24,26)/b23-12-. The molecule has 0 radical (unpaired) electrons. The van der Waals surface area contributed by atoms with Crippen molar-refractivity contribution in [2.75, 3.05) is 30.8 Å². The molecule has 0 saturated carbocycles. The molecule has 0 aliphatic rings. The average Bonchev–Trinajstić information content (AvgIpc) is 2.71. The third kappa shape index (κ3) is 7.27. The van der Waals surface area contributed by atoms with Gasteiger partial charge in [0.15, 0.2) is 11.5 Å². The van der Waals surface area contributed by atoms with Gasteiger partial charge in [-0.2, -0.15) is 5.10 Å². The van der Waals surface area contributed by atoms with Gasteiger partial charge in [0.1, 0.15) is 13.2 Å². The predicted molar refractivity (Wildman–Crippen MR) is 126 cm³/mol. The minimum absolute atomic E-state index is 0.308. The lowest BCUT2D eigenvalue weighted by Gasteiger charge is -2.21. The first-order valence-electron chi connectivity index (χ1n) is 8.82. The maximum atomic E-state index is 12.3. The highest BCUT2D eigenvalue weighted by atomic mass is 79.9. The van der Waals surface area contributed by atoms with E-state index in [0.29, 0.717) is 38.9 Å². The fourth-order valence-electron chi connectivity index (χ4n) is 2.45. The second-order valence-electron chi connectivity index (χ2n) is 6.17. The summed E-state index contributed by atoms with van der Waals surface area (Å²) in [5, 5.41) is 4.34. The average molecular weight is 531 g/mol. The summed E-state index contributed by atoms with van der Waals surface area (Å²) >= 11 is 9.24. The van der Waals surface area contributed by atoms with Crippen LogP contribution < -0.4 is 19.2 Å². The number of methoxy groups -OCH3 is 1. The van der Waals surface area contributed by atoms with E-state index in [2.05, 4.69) is 33.0 Å². The second-order valence-corrected chi connectivity index (χ2v) is 9.37. The van der Waals surface area contributed by atoms with Crippen LogP contribution >= 0.6 is 27.5 Å². The molecule has 2 aromatic rings. The number of nitrogens with zero attached hydrogens (tertiary/aromatic N) is 2. The normalized spacial score (nSPS) is 11.2. The lowest BCUT2D eigenvalue weighted by atomic mass is 10.2. The SMILES string of the molecule is C=CCOc1c(Br)cc(/C=N\NC(=O)CN(c2ccc(Cl)cc2)S(C)(=O)=O)cc1OC. The molecule has 8 nitrogen and oxygen atoms in total. The molecule has 0 bridgehead atoms. The molecule has 0 aromatic heterocycles. The maximum absolute atomic E-state index is 12.3. The lowest BCUT2D eigenvalue weighted by Crippen LogP contribution is -2.38. The number of hydrazone groups is 1. The fourth-order valence-corrected chi connectivity index (χ4v) is 4.01. The Labute approximate surface area is 194 Å². The van der Waals surface area contributed by atoms with E-state index < -0.39 is 22.5 Å². The van der Waals surface area contributed by atoms with Gasteiger partial charge in [0, 0.05) is 5.02 Å². The van der Waals surface area contributed by atoms with Crippen molar-refractivity contribution in [1.82, 2.24) is 5.43 Å². The smallest absolute Gasteiger partial charge is 0.260 e. The van der Waals surface area contributed by atoms with E-state index in [1.54, 1.807) is 30.3 Å². The van der Waals surface area contributed by atoms with Crippen LogP contribution in [0, 0.1) is 0 Å². The number of rotatable bonds is 10. The quantitative estimate of drug-likeness (QED) is 0.288. The zero-order chi connectivity index (χ0) is 23.0. The summed E-state index contributed by atoms with van der Waals surface area (Å²) in [6.07, 6.45) is 4.02. The summed E-state index contributed by atoms with van der Waals surface area (Å²) in [5.74, 6) is 0.360. The molecule has 2 rings (SSSR count). The van der Waals surface area contributed by atoms with Gasteiger partial charge in [0.25, 0.3) is 5.91 Å². The summed E-state index contributed by atoms with van der Waals surface area (Å²) in [6.45, 7) is 3.47. The molecule has 0 aliphatic heterocycles. The van der Waals surface area contributed by atoms with E-state index >= 15 is 0 Å². The molecule has 0 spiro atoms. The van der Waals surface area contributed by atoms with E-state index in [1.165, 1.54) is 25.5 Å². The van der Waals surface area contributed by atoms with Crippen LogP contribution in [-0.4, -0.2) is 47.1 Å². The van der Waals surface area contributed by atoms with Gasteiger partial charge in [-0.05, 0) is 57.9 Å². The van der Waals surface area contributed by atoms with Crippen molar-refractivity contribution in [2.45, 2.75) is 0 Å². The number of nitrogens with one attached hydrogen (secondary N) is 1. The topological polar surface area (TPSA) is 97.3 Å². The molecule has 0 unspecified atom stereocenters. The van der Waals surface area contributed by atoms with Gasteiger partial charge in [-0.1, -0.05) is 24.3 Å². The minimum Gasteiger partial charge on any atom is -0.493 e. The molecule has 1 N–H and O–H groups in total. The molecular formula is C20H21BrClN3O5S. The summed E-state index contributed by atoms with van der Waals surface area (Å²) in [6, 6.07) is 9.51. The number of carbonyl (C=O) groups excluding carboxylic acids is 1. The highest BCUT2D eigenvalue weighted by molar-refractivity contribution is 9.10. The zero-order valence-corrected chi connectivity index (χ0v) is 20.0. The molecule has 0 atom stereocenters. The number of benzene rings is 2. The number of anilines is 1. The number of hydrogen-bond acceptors (Lipinski definition) is 6. The van der Waals surface area contributed by atoms with Gasteiger partial charge >= 0.3 is 0 Å². The van der Waals surface area contributed by atoms with Gasteiger partial charge in [0.05, 0.1) is 29.7 Å². The number of sulfonamides is 1. The van der Waals surface area contributed by atoms with Crippen LogP contribution in [0.25, 0.3) is 0 Å². The van der Waals surface area contributed by atoms with Crippen molar-refractivity contribution in [3.8, 4) is 11.5 Å². The Morgan fingerprint density at radius 3 is 2.58 bits per heavy atom. The highest BCUT2D eigenvalue weighted by Crippen LogP contribution is 2.36. The van der Waals surface area contributed by atoms with Crippen molar-refractivity contribution in [3.63, 3.8) is 0 Å². The van der Waals surface area contributed by atoms with Gasteiger partial charge in [0.2, 0.25) is 10.0 Å². The first-order valence-corrected chi connectivity index (χ1v) is 11.8. The summed E-state index contributed by atoms with van der Waals surface area (Å²) in [4.78, 5) is 12.3. The van der Waals surface area contributed by atoms with Crippen LogP contribution in [0.3, 0.4) is 0 Å². The van der Waals surface area contributed by atoms with Crippen LogP contribution in [0.1, 0.15) is 5.56 Å². The van der Waals surface area contributed by atoms with Gasteiger partial charge < -0.3 is 9.47 Å². The Morgan fingerprint density at radius 2 is 2.00 bits per heavy atom. The van der Waals surface area contributed by atoms with Crippen LogP contribution in [0.2, 0.25) is 5.02 Å². The summed E-state index contributed by atoms with van der Waals surface area (Å²) in [5.41, 5.74) is 3.25. The Balaban J connectivity index is 2.11. The third-order valence-electron chi connectivity index (χ3n) is 3.80. The third-order valence-corrected chi connectivity index (χ3v) is 5.78. The lowest BCUT2D eigenvalue weighted by molar-refractivity contribution is -0.119. The molecule has 2 aromatic carbocycles. The first-order chi connectivity index (χ1) is 14.7. The van der Waals surface area contributed by atoms with E-state index in [0.717, 1.165) is 10.6 Å².